The van der Waals surface area contributed by atoms with Gasteiger partial charge < -0.3 is 25.5 Å². The van der Waals surface area contributed by atoms with Crippen molar-refractivity contribution in [3.63, 3.8) is 0 Å². The van der Waals surface area contributed by atoms with Gasteiger partial charge in [0.2, 0.25) is 5.60 Å². The lowest BCUT2D eigenvalue weighted by atomic mass is 9.89. The summed E-state index contributed by atoms with van der Waals surface area (Å²) in [5, 5.41) is 45.7. The molecule has 5 N–H and O–H groups in total. The maximum Gasteiger partial charge on any atom is 0.367 e. The quantitative estimate of drug-likeness (QED) is 0.451. The molecule has 1 rings (SSSR count). The average Bonchev–Trinajstić information content (AvgIpc) is 2.39. The number of hydrogen-bond donors (Lipinski definition) is 5. The van der Waals surface area contributed by atoms with Crippen molar-refractivity contribution in [3.05, 3.63) is 42.0 Å². The summed E-state index contributed by atoms with van der Waals surface area (Å²) in [6.45, 7) is 0. The van der Waals surface area contributed by atoms with E-state index in [1.807, 2.05) is 0 Å². The maximum atomic E-state index is 10.9. The molecule has 7 heteroatoms. The Kier molecular flexibility index (Phi) is 4.61. The third kappa shape index (κ3) is 3.02. The highest BCUT2D eigenvalue weighted by Gasteiger charge is 2.59. The van der Waals surface area contributed by atoms with E-state index in [0.717, 1.165) is 6.08 Å². The van der Waals surface area contributed by atoms with Gasteiger partial charge in [0.25, 0.3) is 0 Å². The van der Waals surface area contributed by atoms with Gasteiger partial charge in [-0.1, -0.05) is 42.5 Å². The van der Waals surface area contributed by atoms with Crippen LogP contribution < -0.4 is 0 Å². The molecule has 0 aliphatic carbocycles. The summed E-state index contributed by atoms with van der Waals surface area (Å²) in [4.78, 5) is 21.6. The topological polar surface area (TPSA) is 135 Å². The molecule has 0 aliphatic heterocycles. The van der Waals surface area contributed by atoms with E-state index in [9.17, 15) is 24.9 Å². The highest BCUT2D eigenvalue weighted by Crippen LogP contribution is 2.26. The van der Waals surface area contributed by atoms with Crippen LogP contribution in [0.5, 0.6) is 0 Å². The van der Waals surface area contributed by atoms with Gasteiger partial charge in [0.1, 0.15) is 0 Å². The standard InChI is InChI=1S/C13H14O7/c14-10(15)12(18,13(19,20)11(16)17)8-4-7-9-5-2-1-3-6-9/h1-7,18-20H,8H2,(H,14,15)(H,16,17). The molecule has 0 heterocycles. The predicted octanol–water partition coefficient (Wildman–Crippen LogP) is -0.329. The molecule has 7 nitrogen and oxygen atoms in total. The Hall–Kier alpha value is -2.22. The first-order valence-electron chi connectivity index (χ1n) is 5.57. The van der Waals surface area contributed by atoms with E-state index in [1.54, 1.807) is 30.3 Å². The number of carboxylic acid groups (broad SMARTS) is 2. The molecule has 0 radical (unpaired) electrons. The van der Waals surface area contributed by atoms with Crippen molar-refractivity contribution >= 4 is 18.0 Å². The Bertz CT molecular complexity index is 521. The van der Waals surface area contributed by atoms with Crippen LogP contribution in [0.1, 0.15) is 12.0 Å². The predicted molar refractivity (Wildman–Crippen MR) is 67.5 cm³/mol. The highest BCUT2D eigenvalue weighted by molar-refractivity contribution is 5.89. The van der Waals surface area contributed by atoms with Crippen molar-refractivity contribution < 1.29 is 35.1 Å². The molecule has 0 spiro atoms. The van der Waals surface area contributed by atoms with E-state index in [-0.39, 0.29) is 0 Å². The minimum absolute atomic E-state index is 0.678. The van der Waals surface area contributed by atoms with E-state index in [1.165, 1.54) is 6.08 Å². The van der Waals surface area contributed by atoms with Crippen molar-refractivity contribution in [2.24, 2.45) is 0 Å². The SMILES string of the molecule is O=C(O)C(O)(O)C(O)(CC=Cc1ccccc1)C(=O)O. The van der Waals surface area contributed by atoms with Gasteiger partial charge in [0, 0.05) is 6.42 Å². The molecule has 0 aromatic heterocycles. The molecule has 1 atom stereocenters. The van der Waals surface area contributed by atoms with Crippen LogP contribution in [0, 0.1) is 0 Å². The second-order valence-corrected chi connectivity index (χ2v) is 4.16. The second-order valence-electron chi connectivity index (χ2n) is 4.16. The first-order valence-corrected chi connectivity index (χ1v) is 5.57. The first kappa shape index (κ1) is 15.8. The van der Waals surface area contributed by atoms with Gasteiger partial charge in [-0.3, -0.25) is 0 Å². The fraction of sp³-hybridized carbons (Fsp3) is 0.231. The fourth-order valence-corrected chi connectivity index (χ4v) is 1.49. The van der Waals surface area contributed by atoms with Gasteiger partial charge in [0.15, 0.2) is 0 Å². The summed E-state index contributed by atoms with van der Waals surface area (Å²) < 4.78 is 0. The normalized spacial score (nSPS) is 14.9. The zero-order chi connectivity index (χ0) is 15.4. The average molecular weight is 282 g/mol. The summed E-state index contributed by atoms with van der Waals surface area (Å²) in [5.74, 6) is -8.11. The van der Waals surface area contributed by atoms with Crippen LogP contribution in [0.3, 0.4) is 0 Å². The van der Waals surface area contributed by atoms with Crippen molar-refractivity contribution in [3.8, 4) is 0 Å². The molecule has 0 saturated heterocycles. The lowest BCUT2D eigenvalue weighted by molar-refractivity contribution is -0.270. The number of aliphatic carboxylic acids is 2. The van der Waals surface area contributed by atoms with Crippen LogP contribution in [0.25, 0.3) is 6.08 Å². The molecule has 0 amide bonds. The molecule has 0 bridgehead atoms. The third-order valence-electron chi connectivity index (χ3n) is 2.75. The number of rotatable bonds is 6. The number of benzene rings is 1. The summed E-state index contributed by atoms with van der Waals surface area (Å²) in [5.41, 5.74) is -2.58. The van der Waals surface area contributed by atoms with Gasteiger partial charge in [-0.05, 0) is 5.56 Å². The molecule has 0 aliphatic rings. The van der Waals surface area contributed by atoms with E-state index in [4.69, 9.17) is 10.2 Å². The van der Waals surface area contributed by atoms with Crippen LogP contribution in [0.15, 0.2) is 36.4 Å². The van der Waals surface area contributed by atoms with Crippen molar-refractivity contribution in [2.45, 2.75) is 17.8 Å². The lowest BCUT2D eigenvalue weighted by Gasteiger charge is -2.31. The number of aliphatic hydroxyl groups is 3. The molecule has 0 saturated carbocycles. The first-order chi connectivity index (χ1) is 9.22. The zero-order valence-electron chi connectivity index (χ0n) is 10.3. The van der Waals surface area contributed by atoms with Crippen molar-refractivity contribution in [2.75, 3.05) is 0 Å². The molecular weight excluding hydrogens is 268 g/mol. The van der Waals surface area contributed by atoms with Crippen LogP contribution in [-0.2, 0) is 9.59 Å². The Morgan fingerprint density at radius 3 is 2.00 bits per heavy atom. The number of hydrogen-bond acceptors (Lipinski definition) is 5. The van der Waals surface area contributed by atoms with E-state index < -0.39 is 29.7 Å². The summed E-state index contributed by atoms with van der Waals surface area (Å²) in [6, 6.07) is 8.60. The molecule has 1 aromatic rings. The Morgan fingerprint density at radius 2 is 1.55 bits per heavy atom. The van der Waals surface area contributed by atoms with E-state index in [0.29, 0.717) is 5.56 Å². The lowest BCUT2D eigenvalue weighted by Crippen LogP contribution is -2.63. The van der Waals surface area contributed by atoms with E-state index in [2.05, 4.69) is 0 Å². The molecule has 1 aromatic carbocycles. The van der Waals surface area contributed by atoms with Crippen LogP contribution in [0.2, 0.25) is 0 Å². The summed E-state index contributed by atoms with van der Waals surface area (Å²) in [6.07, 6.45) is 1.77. The van der Waals surface area contributed by atoms with Crippen molar-refractivity contribution in [1.29, 1.82) is 0 Å². The molecule has 1 unspecified atom stereocenters. The monoisotopic (exact) mass is 282 g/mol. The summed E-state index contributed by atoms with van der Waals surface area (Å²) >= 11 is 0. The third-order valence-corrected chi connectivity index (χ3v) is 2.75. The van der Waals surface area contributed by atoms with Crippen LogP contribution >= 0.6 is 0 Å². The minimum atomic E-state index is -3.81. The molecule has 20 heavy (non-hydrogen) atoms. The Labute approximate surface area is 114 Å². The van der Waals surface area contributed by atoms with Gasteiger partial charge in [-0.25, -0.2) is 9.59 Å². The fourth-order valence-electron chi connectivity index (χ4n) is 1.49. The molecular formula is C13H14O7. The number of carbonyl (C=O) groups is 2. The number of carboxylic acids is 2. The second kappa shape index (κ2) is 5.83. The molecule has 108 valence electrons. The van der Waals surface area contributed by atoms with Gasteiger partial charge in [0.05, 0.1) is 0 Å². The Morgan fingerprint density at radius 1 is 1.00 bits per heavy atom. The summed E-state index contributed by atoms with van der Waals surface area (Å²) in [7, 11) is 0. The van der Waals surface area contributed by atoms with Crippen molar-refractivity contribution in [1.82, 2.24) is 0 Å². The molecule has 0 fully saturated rings. The van der Waals surface area contributed by atoms with Crippen LogP contribution in [0.4, 0.5) is 0 Å². The Balaban J connectivity index is 2.97. The largest absolute Gasteiger partial charge is 0.479 e. The van der Waals surface area contributed by atoms with Gasteiger partial charge in [-0.15, -0.1) is 0 Å². The maximum absolute atomic E-state index is 10.9. The highest BCUT2D eigenvalue weighted by atomic mass is 16.6. The zero-order valence-corrected chi connectivity index (χ0v) is 10.3. The van der Waals surface area contributed by atoms with Crippen LogP contribution in [-0.4, -0.2) is 48.9 Å². The smallest absolute Gasteiger partial charge is 0.367 e. The minimum Gasteiger partial charge on any atom is -0.479 e. The van der Waals surface area contributed by atoms with Gasteiger partial charge in [-0.2, -0.15) is 0 Å². The van der Waals surface area contributed by atoms with E-state index >= 15 is 0 Å². The van der Waals surface area contributed by atoms with Gasteiger partial charge >= 0.3 is 17.7 Å².